The van der Waals surface area contributed by atoms with Gasteiger partial charge in [0.25, 0.3) is 0 Å². The van der Waals surface area contributed by atoms with Crippen LogP contribution in [0, 0.1) is 0 Å². The molecule has 1 heterocycles. The van der Waals surface area contributed by atoms with Gasteiger partial charge in [0.05, 0.1) is 0 Å². The molecule has 0 unspecified atom stereocenters. The van der Waals surface area contributed by atoms with E-state index in [0.29, 0.717) is 0 Å². The van der Waals surface area contributed by atoms with Crippen LogP contribution in [0.1, 0.15) is 5.69 Å². The molecule has 0 atom stereocenters. The third kappa shape index (κ3) is 3.21. The maximum Gasteiger partial charge on any atom is 0.0421 e. The van der Waals surface area contributed by atoms with Crippen molar-refractivity contribution in [3.63, 3.8) is 0 Å². The van der Waals surface area contributed by atoms with E-state index in [1.165, 1.54) is 5.69 Å². The summed E-state index contributed by atoms with van der Waals surface area (Å²) >= 11 is 0. The van der Waals surface area contributed by atoms with Gasteiger partial charge in [0.1, 0.15) is 0 Å². The number of hydrogen-bond donors (Lipinski definition) is 1. The molecule has 0 fully saturated rings. The van der Waals surface area contributed by atoms with E-state index in [-0.39, 0.29) is 0 Å². The molecule has 3 heteroatoms. The molecule has 3 nitrogen and oxygen atoms in total. The molecule has 1 aromatic carbocycles. The van der Waals surface area contributed by atoms with Crippen molar-refractivity contribution in [3.8, 4) is 0 Å². The highest BCUT2D eigenvalue weighted by molar-refractivity contribution is 5.52. The van der Waals surface area contributed by atoms with Crippen molar-refractivity contribution in [1.29, 1.82) is 0 Å². The van der Waals surface area contributed by atoms with Crippen molar-refractivity contribution >= 4 is 11.4 Å². The molecule has 0 spiro atoms. The minimum atomic E-state index is 0.798. The minimum Gasteiger partial charge on any atom is -0.399 e. The average molecular weight is 227 g/mol. The van der Waals surface area contributed by atoms with Gasteiger partial charge in [0.15, 0.2) is 0 Å². The largest absolute Gasteiger partial charge is 0.399 e. The van der Waals surface area contributed by atoms with Crippen molar-refractivity contribution in [1.82, 2.24) is 4.98 Å². The van der Waals surface area contributed by atoms with Gasteiger partial charge in [-0.15, -0.1) is 0 Å². The van der Waals surface area contributed by atoms with Crippen LogP contribution < -0.4 is 10.6 Å². The predicted molar refractivity (Wildman–Crippen MR) is 72.1 cm³/mol. The molecule has 1 aromatic heterocycles. The van der Waals surface area contributed by atoms with Gasteiger partial charge in [-0.2, -0.15) is 0 Å². The van der Waals surface area contributed by atoms with Crippen molar-refractivity contribution in [2.24, 2.45) is 0 Å². The molecule has 0 aliphatic heterocycles. The smallest absolute Gasteiger partial charge is 0.0421 e. The Hall–Kier alpha value is -2.03. The Bertz CT molecular complexity index is 451. The number of hydrogen-bond acceptors (Lipinski definition) is 3. The highest BCUT2D eigenvalue weighted by atomic mass is 15.1. The Balaban J connectivity index is 1.93. The number of nitrogens with two attached hydrogens (primary N) is 1. The number of aromatic nitrogens is 1. The molecule has 0 amide bonds. The molecular weight excluding hydrogens is 210 g/mol. The van der Waals surface area contributed by atoms with E-state index in [4.69, 9.17) is 5.73 Å². The molecule has 2 aromatic rings. The first kappa shape index (κ1) is 11.5. The number of nitrogens with zero attached hydrogens (tertiary/aromatic N) is 2. The Kier molecular flexibility index (Phi) is 3.60. The minimum absolute atomic E-state index is 0.798. The zero-order chi connectivity index (χ0) is 12.1. The maximum absolute atomic E-state index is 5.66. The third-order valence-corrected chi connectivity index (χ3v) is 2.76. The summed E-state index contributed by atoms with van der Waals surface area (Å²) in [5.74, 6) is 0. The van der Waals surface area contributed by atoms with Gasteiger partial charge in [0.2, 0.25) is 0 Å². The Morgan fingerprint density at radius 1 is 1.12 bits per heavy atom. The zero-order valence-corrected chi connectivity index (χ0v) is 10.0. The molecule has 2 rings (SSSR count). The van der Waals surface area contributed by atoms with Gasteiger partial charge in [-0.05, 0) is 36.4 Å². The first-order chi connectivity index (χ1) is 8.25. The summed E-state index contributed by atoms with van der Waals surface area (Å²) in [4.78, 5) is 6.51. The lowest BCUT2D eigenvalue weighted by atomic mass is 10.2. The fourth-order valence-electron chi connectivity index (χ4n) is 1.69. The number of likely N-dealkylation sites (N-methyl/N-ethyl adjacent to an activating group) is 1. The third-order valence-electron chi connectivity index (χ3n) is 2.76. The molecule has 2 N–H and O–H groups in total. The monoisotopic (exact) mass is 227 g/mol. The van der Waals surface area contributed by atoms with Crippen LogP contribution in [0.3, 0.4) is 0 Å². The molecule has 0 bridgehead atoms. The fourth-order valence-corrected chi connectivity index (χ4v) is 1.69. The van der Waals surface area contributed by atoms with Crippen molar-refractivity contribution in [3.05, 3.63) is 54.4 Å². The van der Waals surface area contributed by atoms with Crippen LogP contribution in [0.4, 0.5) is 11.4 Å². The van der Waals surface area contributed by atoms with Crippen molar-refractivity contribution < 1.29 is 0 Å². The summed E-state index contributed by atoms with van der Waals surface area (Å²) in [6.45, 7) is 0.945. The Labute approximate surface area is 102 Å². The standard InChI is InChI=1S/C14H17N3/c1-17(14-7-5-12(15)6-8-14)11-9-13-4-2-3-10-16-13/h2-8,10H,9,11,15H2,1H3. The van der Waals surface area contributed by atoms with E-state index < -0.39 is 0 Å². The lowest BCUT2D eigenvalue weighted by molar-refractivity contribution is 0.853. The van der Waals surface area contributed by atoms with Gasteiger partial charge in [-0.3, -0.25) is 4.98 Å². The van der Waals surface area contributed by atoms with E-state index in [0.717, 1.165) is 24.3 Å². The fraction of sp³-hybridized carbons (Fsp3) is 0.214. The number of pyridine rings is 1. The normalized spacial score (nSPS) is 10.2. The summed E-state index contributed by atoms with van der Waals surface area (Å²) in [7, 11) is 2.08. The predicted octanol–water partition coefficient (Wildman–Crippen LogP) is 2.34. The van der Waals surface area contributed by atoms with Gasteiger partial charge in [-0.1, -0.05) is 6.07 Å². The highest BCUT2D eigenvalue weighted by Crippen LogP contribution is 2.14. The van der Waals surface area contributed by atoms with Crippen LogP contribution >= 0.6 is 0 Å². The van der Waals surface area contributed by atoms with Gasteiger partial charge in [0, 0.05) is 43.3 Å². The van der Waals surface area contributed by atoms with Crippen LogP contribution in [-0.4, -0.2) is 18.6 Å². The second kappa shape index (κ2) is 5.34. The molecular formula is C14H17N3. The lowest BCUT2D eigenvalue weighted by Crippen LogP contribution is -2.20. The quantitative estimate of drug-likeness (QED) is 0.815. The number of anilines is 2. The first-order valence-corrected chi connectivity index (χ1v) is 5.72. The molecule has 88 valence electrons. The van der Waals surface area contributed by atoms with E-state index in [2.05, 4.69) is 23.0 Å². The molecule has 0 aliphatic rings. The number of benzene rings is 1. The molecule has 17 heavy (non-hydrogen) atoms. The van der Waals surface area contributed by atoms with Crippen molar-refractivity contribution in [2.75, 3.05) is 24.2 Å². The number of nitrogen functional groups attached to an aromatic ring is 1. The topological polar surface area (TPSA) is 42.2 Å². The summed E-state index contributed by atoms with van der Waals surface area (Å²) in [6, 6.07) is 13.9. The Morgan fingerprint density at radius 3 is 2.53 bits per heavy atom. The molecule has 0 saturated heterocycles. The second-order valence-electron chi connectivity index (χ2n) is 4.08. The van der Waals surface area contributed by atoms with E-state index >= 15 is 0 Å². The Morgan fingerprint density at radius 2 is 1.88 bits per heavy atom. The summed E-state index contributed by atoms with van der Waals surface area (Å²) in [5.41, 5.74) is 8.76. The molecule has 0 radical (unpaired) electrons. The van der Waals surface area contributed by atoms with Crippen LogP contribution in [0.5, 0.6) is 0 Å². The molecule has 0 aliphatic carbocycles. The zero-order valence-electron chi connectivity index (χ0n) is 10.0. The van der Waals surface area contributed by atoms with Gasteiger partial charge >= 0.3 is 0 Å². The van der Waals surface area contributed by atoms with Gasteiger partial charge in [-0.25, -0.2) is 0 Å². The highest BCUT2D eigenvalue weighted by Gasteiger charge is 2.01. The number of rotatable bonds is 4. The summed E-state index contributed by atoms with van der Waals surface area (Å²) in [5, 5.41) is 0. The SMILES string of the molecule is CN(CCc1ccccn1)c1ccc(N)cc1. The van der Waals surface area contributed by atoms with E-state index in [1.54, 1.807) is 0 Å². The average Bonchev–Trinajstić information content (AvgIpc) is 2.38. The summed E-state index contributed by atoms with van der Waals surface area (Å²) in [6.07, 6.45) is 2.78. The van der Waals surface area contributed by atoms with E-state index in [9.17, 15) is 0 Å². The van der Waals surface area contributed by atoms with E-state index in [1.807, 2.05) is 42.6 Å². The molecule has 0 saturated carbocycles. The second-order valence-corrected chi connectivity index (χ2v) is 4.08. The van der Waals surface area contributed by atoms with Crippen molar-refractivity contribution in [2.45, 2.75) is 6.42 Å². The van der Waals surface area contributed by atoms with Crippen LogP contribution in [0.2, 0.25) is 0 Å². The maximum atomic E-state index is 5.66. The van der Waals surface area contributed by atoms with Crippen LogP contribution in [0.15, 0.2) is 48.7 Å². The van der Waals surface area contributed by atoms with Crippen LogP contribution in [-0.2, 0) is 6.42 Å². The first-order valence-electron chi connectivity index (χ1n) is 5.72. The lowest BCUT2D eigenvalue weighted by Gasteiger charge is -2.19. The summed E-state index contributed by atoms with van der Waals surface area (Å²) < 4.78 is 0. The van der Waals surface area contributed by atoms with Crippen LogP contribution in [0.25, 0.3) is 0 Å². The van der Waals surface area contributed by atoms with Gasteiger partial charge < -0.3 is 10.6 Å².